The van der Waals surface area contributed by atoms with Gasteiger partial charge in [-0.2, -0.15) is 0 Å². The lowest BCUT2D eigenvalue weighted by Gasteiger charge is -2.15. The van der Waals surface area contributed by atoms with E-state index in [-0.39, 0.29) is 31.6 Å². The van der Waals surface area contributed by atoms with E-state index >= 15 is 0 Å². The van der Waals surface area contributed by atoms with Crippen LogP contribution >= 0.6 is 0 Å². The lowest BCUT2D eigenvalue weighted by Crippen LogP contribution is -2.28. The number of hydrogen-bond donors (Lipinski definition) is 1. The van der Waals surface area contributed by atoms with Crippen LogP contribution in [-0.2, 0) is 19.1 Å². The highest BCUT2D eigenvalue weighted by molar-refractivity contribution is 5.70. The van der Waals surface area contributed by atoms with E-state index in [0.29, 0.717) is 12.8 Å². The Morgan fingerprint density at radius 3 is 1.39 bits per heavy atom. The average Bonchev–Trinajstić information content (AvgIpc) is 3.06. The molecule has 0 aliphatic carbocycles. The molecule has 0 bridgehead atoms. The van der Waals surface area contributed by atoms with E-state index in [0.717, 1.165) is 44.9 Å². The average molecular weight is 643 g/mol. The van der Waals surface area contributed by atoms with Gasteiger partial charge < -0.3 is 14.6 Å². The summed E-state index contributed by atoms with van der Waals surface area (Å²) in [5.74, 6) is -0.689. The minimum absolute atomic E-state index is 0.106. The van der Waals surface area contributed by atoms with Gasteiger partial charge in [-0.3, -0.25) is 9.59 Å². The standard InChI is InChI=1S/C41H70O5/c1-3-5-7-9-11-13-15-17-18-19-20-21-22-24-25-27-29-31-33-35-40(43)45-38-39(37-42)46-41(44)36-34-32-30-28-26-23-16-14-12-10-8-6-4-2/h11,13,17-18,20-21,24-25,29,31,39,42H,3-10,12,14-16,19,22-23,26-28,30,32-38H2,1-2H3/b13-11-,18-17-,21-20-,25-24-,31-29-/t39-/m0/s1. The molecular formula is C41H70O5. The van der Waals surface area contributed by atoms with Crippen molar-refractivity contribution in [2.24, 2.45) is 0 Å². The fourth-order valence-electron chi connectivity index (χ4n) is 4.95. The topological polar surface area (TPSA) is 72.8 Å². The Balaban J connectivity index is 3.71. The summed E-state index contributed by atoms with van der Waals surface area (Å²) in [6.45, 7) is 4.03. The summed E-state index contributed by atoms with van der Waals surface area (Å²) in [6, 6.07) is 0. The lowest BCUT2D eigenvalue weighted by molar-refractivity contribution is -0.161. The molecule has 0 heterocycles. The number of allylic oxidation sites excluding steroid dienone is 10. The molecule has 0 aromatic heterocycles. The van der Waals surface area contributed by atoms with Crippen LogP contribution in [0.3, 0.4) is 0 Å². The first kappa shape index (κ1) is 43.6. The van der Waals surface area contributed by atoms with Crippen LogP contribution in [0.2, 0.25) is 0 Å². The predicted molar refractivity (Wildman–Crippen MR) is 196 cm³/mol. The third-order valence-electron chi connectivity index (χ3n) is 7.83. The summed E-state index contributed by atoms with van der Waals surface area (Å²) in [5, 5.41) is 9.52. The summed E-state index contributed by atoms with van der Waals surface area (Å²) in [5.41, 5.74) is 0. The molecule has 0 radical (unpaired) electrons. The second-order valence-electron chi connectivity index (χ2n) is 12.3. The maximum absolute atomic E-state index is 12.1. The highest BCUT2D eigenvalue weighted by Gasteiger charge is 2.15. The Kier molecular flexibility index (Phi) is 35.1. The first-order chi connectivity index (χ1) is 22.6. The van der Waals surface area contributed by atoms with Crippen LogP contribution in [0, 0.1) is 0 Å². The van der Waals surface area contributed by atoms with Gasteiger partial charge >= 0.3 is 11.9 Å². The lowest BCUT2D eigenvalue weighted by atomic mass is 10.0. The Hall–Kier alpha value is -2.40. The van der Waals surface area contributed by atoms with Gasteiger partial charge in [0.2, 0.25) is 0 Å². The summed E-state index contributed by atoms with van der Waals surface area (Å²) in [4.78, 5) is 24.2. The summed E-state index contributed by atoms with van der Waals surface area (Å²) >= 11 is 0. The van der Waals surface area contributed by atoms with Crippen molar-refractivity contribution in [1.82, 2.24) is 0 Å². The smallest absolute Gasteiger partial charge is 0.306 e. The maximum atomic E-state index is 12.1. The van der Waals surface area contributed by atoms with Gasteiger partial charge in [0, 0.05) is 12.8 Å². The molecule has 0 aromatic carbocycles. The third kappa shape index (κ3) is 34.5. The van der Waals surface area contributed by atoms with Gasteiger partial charge in [-0.05, 0) is 51.4 Å². The number of rotatable bonds is 33. The van der Waals surface area contributed by atoms with Crippen molar-refractivity contribution in [3.8, 4) is 0 Å². The molecule has 0 fully saturated rings. The SMILES string of the molecule is CCCCC/C=C\C/C=C\C/C=C\C/C=C\C/C=C\CCC(=O)OC[C@H](CO)OC(=O)CCCCCCCCCCCCCCC. The number of aliphatic hydroxyl groups is 1. The highest BCUT2D eigenvalue weighted by Crippen LogP contribution is 2.13. The zero-order chi connectivity index (χ0) is 33.6. The van der Waals surface area contributed by atoms with E-state index < -0.39 is 6.10 Å². The molecular weight excluding hydrogens is 572 g/mol. The van der Waals surface area contributed by atoms with Crippen molar-refractivity contribution in [1.29, 1.82) is 0 Å². The molecule has 0 aromatic rings. The van der Waals surface area contributed by atoms with E-state index in [2.05, 4.69) is 62.5 Å². The predicted octanol–water partition coefficient (Wildman–Crippen LogP) is 11.6. The molecule has 0 spiro atoms. The van der Waals surface area contributed by atoms with Gasteiger partial charge in [0.05, 0.1) is 6.61 Å². The van der Waals surface area contributed by atoms with Crippen molar-refractivity contribution in [2.75, 3.05) is 13.2 Å². The van der Waals surface area contributed by atoms with E-state index in [1.807, 2.05) is 12.2 Å². The van der Waals surface area contributed by atoms with Crippen LogP contribution < -0.4 is 0 Å². The second kappa shape index (κ2) is 37.1. The van der Waals surface area contributed by atoms with Crippen molar-refractivity contribution >= 4 is 11.9 Å². The normalized spacial score (nSPS) is 12.8. The van der Waals surface area contributed by atoms with Gasteiger partial charge in [-0.1, -0.05) is 164 Å². The van der Waals surface area contributed by atoms with E-state index in [1.54, 1.807) is 0 Å². The van der Waals surface area contributed by atoms with Crippen LogP contribution in [0.1, 0.15) is 168 Å². The van der Waals surface area contributed by atoms with Crippen LogP contribution in [-0.4, -0.2) is 36.4 Å². The molecule has 46 heavy (non-hydrogen) atoms. The number of hydrogen-bond acceptors (Lipinski definition) is 5. The Labute approximate surface area is 283 Å². The van der Waals surface area contributed by atoms with Crippen LogP contribution in [0.5, 0.6) is 0 Å². The fourth-order valence-corrected chi connectivity index (χ4v) is 4.95. The molecule has 1 atom stereocenters. The number of carbonyl (C=O) groups excluding carboxylic acids is 2. The molecule has 0 unspecified atom stereocenters. The van der Waals surface area contributed by atoms with Crippen LogP contribution in [0.25, 0.3) is 0 Å². The summed E-state index contributed by atoms with van der Waals surface area (Å²) < 4.78 is 10.5. The molecule has 0 aliphatic rings. The number of aliphatic hydroxyl groups excluding tert-OH is 1. The molecule has 5 nitrogen and oxygen atoms in total. The third-order valence-corrected chi connectivity index (χ3v) is 7.83. The number of esters is 2. The Morgan fingerprint density at radius 1 is 0.500 bits per heavy atom. The minimum atomic E-state index is -0.800. The number of ether oxygens (including phenoxy) is 2. The zero-order valence-corrected chi connectivity index (χ0v) is 29.8. The van der Waals surface area contributed by atoms with E-state index in [9.17, 15) is 14.7 Å². The molecule has 0 rings (SSSR count). The first-order valence-corrected chi connectivity index (χ1v) is 18.8. The van der Waals surface area contributed by atoms with Gasteiger partial charge in [0.25, 0.3) is 0 Å². The van der Waals surface area contributed by atoms with E-state index in [4.69, 9.17) is 9.47 Å². The van der Waals surface area contributed by atoms with Crippen molar-refractivity contribution in [2.45, 2.75) is 174 Å². The van der Waals surface area contributed by atoms with Gasteiger partial charge in [0.1, 0.15) is 6.61 Å². The fraction of sp³-hybridized carbons (Fsp3) is 0.707. The van der Waals surface area contributed by atoms with Crippen molar-refractivity contribution < 1.29 is 24.2 Å². The molecule has 5 heteroatoms. The number of unbranched alkanes of at least 4 members (excludes halogenated alkanes) is 15. The number of carbonyl (C=O) groups is 2. The zero-order valence-electron chi connectivity index (χ0n) is 29.8. The van der Waals surface area contributed by atoms with Crippen molar-refractivity contribution in [3.05, 3.63) is 60.8 Å². The monoisotopic (exact) mass is 643 g/mol. The molecule has 0 amide bonds. The molecule has 0 saturated heterocycles. The molecule has 0 saturated carbocycles. The quantitative estimate of drug-likeness (QED) is 0.0438. The van der Waals surface area contributed by atoms with Gasteiger partial charge in [-0.15, -0.1) is 0 Å². The molecule has 1 N–H and O–H groups in total. The van der Waals surface area contributed by atoms with E-state index in [1.165, 1.54) is 89.9 Å². The maximum Gasteiger partial charge on any atom is 0.306 e. The largest absolute Gasteiger partial charge is 0.462 e. The first-order valence-electron chi connectivity index (χ1n) is 18.8. The molecule has 264 valence electrons. The van der Waals surface area contributed by atoms with Crippen LogP contribution in [0.15, 0.2) is 60.8 Å². The summed E-state index contributed by atoms with van der Waals surface area (Å²) in [6.07, 6.45) is 47.1. The highest BCUT2D eigenvalue weighted by atomic mass is 16.6. The van der Waals surface area contributed by atoms with Gasteiger partial charge in [0.15, 0.2) is 6.10 Å². The molecule has 0 aliphatic heterocycles. The van der Waals surface area contributed by atoms with Crippen LogP contribution in [0.4, 0.5) is 0 Å². The Morgan fingerprint density at radius 2 is 0.913 bits per heavy atom. The minimum Gasteiger partial charge on any atom is -0.462 e. The summed E-state index contributed by atoms with van der Waals surface area (Å²) in [7, 11) is 0. The Bertz CT molecular complexity index is 823. The van der Waals surface area contributed by atoms with Crippen molar-refractivity contribution in [3.63, 3.8) is 0 Å². The second-order valence-corrected chi connectivity index (χ2v) is 12.3. The van der Waals surface area contributed by atoms with Gasteiger partial charge in [-0.25, -0.2) is 0 Å².